The zero-order valence-corrected chi connectivity index (χ0v) is 12.0. The van der Waals surface area contributed by atoms with Crippen LogP contribution in [0.15, 0.2) is 27.4 Å². The minimum atomic E-state index is 0.587. The number of aliphatic imine (C=N–C) groups is 1. The molecule has 1 unspecified atom stereocenters. The van der Waals surface area contributed by atoms with Crippen molar-refractivity contribution in [3.8, 4) is 0 Å². The topological polar surface area (TPSA) is 27.6 Å². The third-order valence-electron chi connectivity index (χ3n) is 2.57. The summed E-state index contributed by atoms with van der Waals surface area (Å²) in [5.41, 5.74) is 1.16. The lowest BCUT2D eigenvalue weighted by Crippen LogP contribution is -2.31. The maximum absolute atomic E-state index is 4.62. The fourth-order valence-electron chi connectivity index (χ4n) is 1.78. The zero-order chi connectivity index (χ0) is 12.1. The van der Waals surface area contributed by atoms with E-state index in [1.165, 1.54) is 0 Å². The van der Waals surface area contributed by atoms with Gasteiger partial charge in [-0.3, -0.25) is 4.99 Å². The highest BCUT2D eigenvalue weighted by atomic mass is 79.9. The van der Waals surface area contributed by atoms with Crippen molar-refractivity contribution in [2.24, 2.45) is 10.9 Å². The van der Waals surface area contributed by atoms with Crippen molar-refractivity contribution < 1.29 is 0 Å². The van der Waals surface area contributed by atoms with E-state index in [0.717, 1.165) is 29.2 Å². The lowest BCUT2D eigenvalue weighted by Gasteiger charge is -2.23. The van der Waals surface area contributed by atoms with Gasteiger partial charge in [0.05, 0.1) is 10.3 Å². The summed E-state index contributed by atoms with van der Waals surface area (Å²) in [5, 5.41) is 3.28. The minimum Gasteiger partial charge on any atom is -0.372 e. The van der Waals surface area contributed by atoms with Gasteiger partial charge in [-0.2, -0.15) is 0 Å². The molecule has 0 saturated carbocycles. The largest absolute Gasteiger partial charge is 0.372 e. The highest BCUT2D eigenvalue weighted by Gasteiger charge is 2.18. The van der Waals surface area contributed by atoms with E-state index in [-0.39, 0.29) is 0 Å². The quantitative estimate of drug-likeness (QED) is 0.751. The average Bonchev–Trinajstić information content (AvgIpc) is 2.37. The van der Waals surface area contributed by atoms with Gasteiger partial charge < -0.3 is 10.2 Å². The van der Waals surface area contributed by atoms with E-state index >= 15 is 0 Å². The molecule has 4 heteroatoms. The van der Waals surface area contributed by atoms with Gasteiger partial charge in [-0.1, -0.05) is 19.1 Å². The minimum absolute atomic E-state index is 0.587. The first kappa shape index (κ1) is 13.3. The number of amidine groups is 1. The lowest BCUT2D eigenvalue weighted by atomic mass is 10.2. The van der Waals surface area contributed by atoms with Crippen molar-refractivity contribution in [3.63, 3.8) is 0 Å². The summed E-state index contributed by atoms with van der Waals surface area (Å²) >= 11 is 3.45. The zero-order valence-electron chi connectivity index (χ0n) is 10.4. The normalized spacial score (nSPS) is 25.4. The van der Waals surface area contributed by atoms with Crippen LogP contribution in [0.2, 0.25) is 0 Å². The molecule has 0 fully saturated rings. The van der Waals surface area contributed by atoms with Crippen LogP contribution in [0.1, 0.15) is 20.8 Å². The number of rotatable bonds is 1. The van der Waals surface area contributed by atoms with E-state index in [4.69, 9.17) is 0 Å². The summed E-state index contributed by atoms with van der Waals surface area (Å²) in [6.07, 6.45) is 4.07. The van der Waals surface area contributed by atoms with E-state index in [9.17, 15) is 0 Å². The van der Waals surface area contributed by atoms with Crippen LogP contribution < -0.4 is 5.32 Å². The lowest BCUT2D eigenvalue weighted by molar-refractivity contribution is 0.373. The van der Waals surface area contributed by atoms with Crippen LogP contribution >= 0.6 is 15.9 Å². The molecular weight excluding hydrogens is 266 g/mol. The first-order valence-electron chi connectivity index (χ1n) is 5.59. The molecule has 0 aromatic heterocycles. The molecule has 0 spiro atoms. The molecule has 1 N–H and O–H groups in total. The van der Waals surface area contributed by atoms with Gasteiger partial charge in [-0.05, 0) is 35.7 Å². The van der Waals surface area contributed by atoms with Crippen LogP contribution in [0.25, 0.3) is 0 Å². The van der Waals surface area contributed by atoms with E-state index in [0.29, 0.717) is 5.92 Å². The number of hydrogen-bond acceptors (Lipinski definition) is 3. The summed E-state index contributed by atoms with van der Waals surface area (Å²) < 4.78 is 0.952. The molecule has 16 heavy (non-hydrogen) atoms. The second-order valence-corrected chi connectivity index (χ2v) is 4.96. The number of hydrogen-bond donors (Lipinski definition) is 1. The van der Waals surface area contributed by atoms with Crippen LogP contribution in [0.4, 0.5) is 0 Å². The fourth-order valence-corrected chi connectivity index (χ4v) is 1.97. The molecule has 1 heterocycles. The third-order valence-corrected chi connectivity index (χ3v) is 3.22. The van der Waals surface area contributed by atoms with Gasteiger partial charge in [0, 0.05) is 20.1 Å². The fraction of sp³-hybridized carbons (Fsp3) is 0.583. The van der Waals surface area contributed by atoms with Crippen molar-refractivity contribution in [2.75, 3.05) is 20.1 Å². The predicted octanol–water partition coefficient (Wildman–Crippen LogP) is 2.72. The molecule has 0 aromatic rings. The monoisotopic (exact) mass is 285 g/mol. The summed E-state index contributed by atoms with van der Waals surface area (Å²) in [6.45, 7) is 8.16. The van der Waals surface area contributed by atoms with Crippen LogP contribution in [0, 0.1) is 5.92 Å². The van der Waals surface area contributed by atoms with Crippen LogP contribution in [0.5, 0.6) is 0 Å². The summed E-state index contributed by atoms with van der Waals surface area (Å²) in [6, 6.07) is 0. The Hall–Kier alpha value is -0.770. The molecule has 0 aliphatic carbocycles. The van der Waals surface area contributed by atoms with Gasteiger partial charge in [-0.25, -0.2) is 0 Å². The molecule has 0 aromatic carbocycles. The molecule has 1 aliphatic heterocycles. The molecule has 0 bridgehead atoms. The van der Waals surface area contributed by atoms with E-state index < -0.39 is 0 Å². The molecule has 0 radical (unpaired) electrons. The van der Waals surface area contributed by atoms with Crippen molar-refractivity contribution in [3.05, 3.63) is 22.5 Å². The van der Waals surface area contributed by atoms with Crippen molar-refractivity contribution in [1.29, 1.82) is 0 Å². The molecule has 0 amide bonds. The predicted molar refractivity (Wildman–Crippen MR) is 73.7 cm³/mol. The third kappa shape index (κ3) is 3.37. The molecule has 1 atom stereocenters. The molecule has 0 saturated heterocycles. The Kier molecular flexibility index (Phi) is 5.06. The van der Waals surface area contributed by atoms with Gasteiger partial charge in [-0.15, -0.1) is 0 Å². The molecule has 1 rings (SSSR count). The van der Waals surface area contributed by atoms with Crippen LogP contribution in [0.3, 0.4) is 0 Å². The number of nitrogens with one attached hydrogen (secondary N) is 1. The maximum Gasteiger partial charge on any atom is 0.149 e. The Labute approximate surface area is 106 Å². The Morgan fingerprint density at radius 2 is 2.25 bits per heavy atom. The van der Waals surface area contributed by atoms with Crippen molar-refractivity contribution >= 4 is 21.8 Å². The standard InChI is InChI=1S/C12H20BrN3/c1-5-10-12(15-11(13)6-2)14-7-9(3)8-16(10)4/h5-6,9H,7-8H2,1-4H3,(H,14,15)/b10-5?,11-6-. The van der Waals surface area contributed by atoms with E-state index in [2.05, 4.69) is 51.2 Å². The molecule has 3 nitrogen and oxygen atoms in total. The Bertz CT molecular complexity index is 331. The smallest absolute Gasteiger partial charge is 0.149 e. The highest BCUT2D eigenvalue weighted by Crippen LogP contribution is 2.14. The number of allylic oxidation sites excluding steroid dienone is 2. The first-order chi connectivity index (χ1) is 7.58. The Morgan fingerprint density at radius 1 is 1.56 bits per heavy atom. The number of halogens is 1. The van der Waals surface area contributed by atoms with Crippen molar-refractivity contribution in [2.45, 2.75) is 20.8 Å². The van der Waals surface area contributed by atoms with E-state index in [1.807, 2.05) is 19.9 Å². The second kappa shape index (κ2) is 6.09. The SMILES string of the molecule is CC=C1C(N/C(Br)=C\C)=NCC(C)CN1C. The van der Waals surface area contributed by atoms with Crippen molar-refractivity contribution in [1.82, 2.24) is 10.2 Å². The Morgan fingerprint density at radius 3 is 2.81 bits per heavy atom. The molecule has 90 valence electrons. The van der Waals surface area contributed by atoms with Gasteiger partial charge in [0.15, 0.2) is 0 Å². The summed E-state index contributed by atoms with van der Waals surface area (Å²) in [4.78, 5) is 6.87. The average molecular weight is 286 g/mol. The number of likely N-dealkylation sites (N-methyl/N-ethyl adjacent to an activating group) is 1. The van der Waals surface area contributed by atoms with Crippen LogP contribution in [-0.2, 0) is 0 Å². The summed E-state index contributed by atoms with van der Waals surface area (Å²) in [5.74, 6) is 1.53. The first-order valence-corrected chi connectivity index (χ1v) is 6.38. The molecular formula is C12H20BrN3. The van der Waals surface area contributed by atoms with E-state index in [1.54, 1.807) is 0 Å². The van der Waals surface area contributed by atoms with Gasteiger partial charge >= 0.3 is 0 Å². The molecule has 1 aliphatic rings. The Balaban J connectivity index is 2.93. The number of nitrogens with zero attached hydrogens (tertiary/aromatic N) is 2. The van der Waals surface area contributed by atoms with Gasteiger partial charge in [0.2, 0.25) is 0 Å². The van der Waals surface area contributed by atoms with Gasteiger partial charge in [0.25, 0.3) is 0 Å². The maximum atomic E-state index is 4.62. The highest BCUT2D eigenvalue weighted by molar-refractivity contribution is 9.11. The van der Waals surface area contributed by atoms with Crippen LogP contribution in [-0.4, -0.2) is 30.9 Å². The summed E-state index contributed by atoms with van der Waals surface area (Å²) in [7, 11) is 2.11. The second-order valence-electron chi connectivity index (χ2n) is 4.11. The van der Waals surface area contributed by atoms with Gasteiger partial charge in [0.1, 0.15) is 5.84 Å².